The van der Waals surface area contributed by atoms with E-state index < -0.39 is 0 Å². The van der Waals surface area contributed by atoms with E-state index in [2.05, 4.69) is 104 Å². The highest BCUT2D eigenvalue weighted by atomic mass is 32.2. The molecule has 0 fully saturated rings. The van der Waals surface area contributed by atoms with E-state index in [1.165, 1.54) is 44.5 Å². The summed E-state index contributed by atoms with van der Waals surface area (Å²) < 4.78 is 22.4. The Morgan fingerprint density at radius 2 is 1.21 bits per heavy atom. The van der Waals surface area contributed by atoms with Crippen LogP contribution in [0.3, 0.4) is 0 Å². The van der Waals surface area contributed by atoms with Gasteiger partial charge in [0.2, 0.25) is 0 Å². The molecule has 5 aromatic carbocycles. The number of anilines is 2. The second-order valence-corrected chi connectivity index (χ2v) is 13.5. The topological polar surface area (TPSA) is 30.9 Å². The molecular weight excluding hydrogens is 568 g/mol. The number of ether oxygens (including phenoxy) is 3. The maximum Gasteiger partial charge on any atom is 0.260 e. The second-order valence-electron chi connectivity index (χ2n) is 11.8. The Balaban J connectivity index is 1.32. The van der Waals surface area contributed by atoms with Crippen LogP contribution in [-0.4, -0.2) is 25.9 Å². The first-order valence-corrected chi connectivity index (χ1v) is 17.0. The molecule has 0 bridgehead atoms. The number of hydrogen-bond acceptors (Lipinski definition) is 6. The molecule has 0 saturated carbocycles. The minimum atomic E-state index is 0.00398. The third-order valence-corrected chi connectivity index (χ3v) is 10.8. The maximum atomic E-state index is 6.80. The summed E-state index contributed by atoms with van der Waals surface area (Å²) in [4.78, 5) is 1.12. The van der Waals surface area contributed by atoms with Crippen LogP contribution in [0.5, 0.6) is 34.5 Å². The average molecular weight is 595 g/mol. The monoisotopic (exact) mass is 595 g/mol. The normalized spacial score (nSPS) is 14.3. The van der Waals surface area contributed by atoms with Crippen molar-refractivity contribution in [2.45, 2.75) is 25.7 Å². The molecule has 0 aliphatic carbocycles. The van der Waals surface area contributed by atoms with E-state index in [1.807, 2.05) is 6.07 Å². The Morgan fingerprint density at radius 1 is 0.558 bits per heavy atom. The Morgan fingerprint density at radius 3 is 1.93 bits per heavy atom. The molecule has 0 spiro atoms. The Bertz CT molecular complexity index is 2060. The predicted molar refractivity (Wildman–Crippen MR) is 183 cm³/mol. The number of aryl methyl sites for hydroxylation is 3. The first kappa shape index (κ1) is 25.6. The van der Waals surface area contributed by atoms with Crippen LogP contribution in [0.2, 0.25) is 0 Å². The third kappa shape index (κ3) is 3.51. The molecule has 208 valence electrons. The molecular formula is C35H27B2NO3S2. The van der Waals surface area contributed by atoms with Crippen LogP contribution in [0.15, 0.2) is 77.7 Å². The highest BCUT2D eigenvalue weighted by Crippen LogP contribution is 2.43. The van der Waals surface area contributed by atoms with E-state index in [0.717, 1.165) is 55.8 Å². The van der Waals surface area contributed by atoms with Crippen LogP contribution < -0.4 is 51.3 Å². The van der Waals surface area contributed by atoms with Crippen LogP contribution in [-0.2, 0) is 0 Å². The largest absolute Gasteiger partial charge is 0.458 e. The Hall–Kier alpha value is -3.87. The fourth-order valence-electron chi connectivity index (χ4n) is 7.34. The molecule has 4 aliphatic rings. The van der Waals surface area contributed by atoms with Crippen LogP contribution >= 0.6 is 23.7 Å². The number of fused-ring (bicyclic) bond motifs is 8. The maximum absolute atomic E-state index is 6.80. The molecule has 0 unspecified atom stereocenters. The van der Waals surface area contributed by atoms with E-state index in [9.17, 15) is 0 Å². The van der Waals surface area contributed by atoms with Crippen molar-refractivity contribution >= 4 is 81.3 Å². The molecule has 0 aromatic heterocycles. The lowest BCUT2D eigenvalue weighted by Gasteiger charge is -2.40. The van der Waals surface area contributed by atoms with Gasteiger partial charge in [0.1, 0.15) is 34.5 Å². The summed E-state index contributed by atoms with van der Waals surface area (Å²) in [5.41, 5.74) is 13.4. The van der Waals surface area contributed by atoms with E-state index in [4.69, 9.17) is 14.2 Å². The van der Waals surface area contributed by atoms with Gasteiger partial charge >= 0.3 is 0 Å². The van der Waals surface area contributed by atoms with E-state index in [0.29, 0.717) is 0 Å². The smallest absolute Gasteiger partial charge is 0.260 e. The number of thioether (sulfide) groups is 1. The summed E-state index contributed by atoms with van der Waals surface area (Å²) in [6.45, 7) is 6.62. The van der Waals surface area contributed by atoms with Crippen molar-refractivity contribution < 1.29 is 14.2 Å². The first-order valence-electron chi connectivity index (χ1n) is 14.6. The molecule has 5 aromatic rings. The van der Waals surface area contributed by atoms with E-state index in [-0.39, 0.29) is 13.4 Å². The Labute approximate surface area is 261 Å². The van der Waals surface area contributed by atoms with Gasteiger partial charge < -0.3 is 14.2 Å². The standard InChI is InChI=1S/C35H27B2NO3S2/c1-18-10-27-34-31(11-18)40-30-17-29-24(16-25(30)37(34)23-12-19(2)20(3)13-26(23)38(27)43-5)36-22-8-6-7-9-28(22)39-32-14-21(42-4)15-33(41-29)35(32)36/h6-17H,1-5H3. The highest BCUT2D eigenvalue weighted by molar-refractivity contribution is 8.00. The SMILES string of the molecule is CSc1cc2c3c(c1)Oc1cc4c(cc1B3c1ccccc1O2)B1c2cc(C)c(C)cc2N(SC)c2cc(C)cc(c21)O4. The van der Waals surface area contributed by atoms with Crippen molar-refractivity contribution in [3.63, 3.8) is 0 Å². The minimum Gasteiger partial charge on any atom is -0.458 e. The average Bonchev–Trinajstić information content (AvgIpc) is 3.00. The van der Waals surface area contributed by atoms with Gasteiger partial charge in [0.15, 0.2) is 0 Å². The highest BCUT2D eigenvalue weighted by Gasteiger charge is 2.45. The van der Waals surface area contributed by atoms with Gasteiger partial charge in [-0.1, -0.05) is 30.3 Å². The van der Waals surface area contributed by atoms with Gasteiger partial charge in [-0.3, -0.25) is 4.31 Å². The number of para-hydroxylation sites is 1. The van der Waals surface area contributed by atoms with Crippen molar-refractivity contribution in [3.05, 3.63) is 89.5 Å². The summed E-state index contributed by atoms with van der Waals surface area (Å²) in [5, 5.41) is 0. The Kier molecular flexibility index (Phi) is 5.40. The molecule has 0 saturated heterocycles. The summed E-state index contributed by atoms with van der Waals surface area (Å²) in [5.74, 6) is 5.26. The van der Waals surface area contributed by atoms with Gasteiger partial charge in [-0.05, 0) is 119 Å². The summed E-state index contributed by atoms with van der Waals surface area (Å²) in [6.07, 6.45) is 4.24. The molecule has 43 heavy (non-hydrogen) atoms. The molecule has 0 atom stereocenters. The van der Waals surface area contributed by atoms with Gasteiger partial charge in [0.05, 0.1) is 5.69 Å². The molecule has 8 heteroatoms. The van der Waals surface area contributed by atoms with Gasteiger partial charge in [0, 0.05) is 28.4 Å². The summed E-state index contributed by atoms with van der Waals surface area (Å²) >= 11 is 3.44. The van der Waals surface area contributed by atoms with Crippen molar-refractivity contribution in [1.29, 1.82) is 0 Å². The zero-order valence-electron chi connectivity index (χ0n) is 24.6. The summed E-state index contributed by atoms with van der Waals surface area (Å²) in [6, 6.07) is 26.4. The fourth-order valence-corrected chi connectivity index (χ4v) is 8.49. The molecule has 0 radical (unpaired) electrons. The lowest BCUT2D eigenvalue weighted by molar-refractivity contribution is 0.454. The fraction of sp³-hybridized carbons (Fsp3) is 0.143. The van der Waals surface area contributed by atoms with Crippen molar-refractivity contribution in [2.75, 3.05) is 16.8 Å². The second kappa shape index (κ2) is 9.07. The van der Waals surface area contributed by atoms with Crippen molar-refractivity contribution in [3.8, 4) is 34.5 Å². The van der Waals surface area contributed by atoms with E-state index in [1.54, 1.807) is 23.7 Å². The molecule has 0 amide bonds. The number of hydrogen-bond donors (Lipinski definition) is 0. The molecule has 9 rings (SSSR count). The van der Waals surface area contributed by atoms with Gasteiger partial charge in [0.25, 0.3) is 13.4 Å². The van der Waals surface area contributed by atoms with Gasteiger partial charge in [-0.2, -0.15) is 0 Å². The zero-order valence-corrected chi connectivity index (χ0v) is 26.2. The molecule has 4 heterocycles. The number of rotatable bonds is 2. The number of benzene rings is 5. The van der Waals surface area contributed by atoms with Crippen molar-refractivity contribution in [2.24, 2.45) is 0 Å². The van der Waals surface area contributed by atoms with Crippen LogP contribution in [0, 0.1) is 20.8 Å². The molecule has 0 N–H and O–H groups in total. The van der Waals surface area contributed by atoms with Gasteiger partial charge in [-0.25, -0.2) is 0 Å². The lowest BCUT2D eigenvalue weighted by atomic mass is 9.31. The van der Waals surface area contributed by atoms with Gasteiger partial charge in [-0.15, -0.1) is 11.8 Å². The molecule has 4 aliphatic heterocycles. The first-order chi connectivity index (χ1) is 20.9. The zero-order chi connectivity index (χ0) is 29.1. The van der Waals surface area contributed by atoms with Crippen LogP contribution in [0.25, 0.3) is 0 Å². The molecule has 4 nitrogen and oxygen atoms in total. The van der Waals surface area contributed by atoms with Crippen LogP contribution in [0.4, 0.5) is 11.4 Å². The minimum absolute atomic E-state index is 0.00398. The predicted octanol–water partition coefficient (Wildman–Crippen LogP) is 5.41. The summed E-state index contributed by atoms with van der Waals surface area (Å²) in [7, 11) is 0. The van der Waals surface area contributed by atoms with Crippen LogP contribution in [0.1, 0.15) is 16.7 Å². The van der Waals surface area contributed by atoms with E-state index >= 15 is 0 Å². The van der Waals surface area contributed by atoms with Crippen molar-refractivity contribution in [1.82, 2.24) is 0 Å². The quantitative estimate of drug-likeness (QED) is 0.151. The lowest BCUT2D eigenvalue weighted by Crippen LogP contribution is -2.62. The number of nitrogens with zero attached hydrogens (tertiary/aromatic N) is 1. The third-order valence-electron chi connectivity index (χ3n) is 9.38.